The molecule has 1 saturated carbocycles. The molecule has 5 atom stereocenters. The fraction of sp³-hybridized carbons (Fsp3) is 0.583. The number of aliphatic hydroxyl groups excluding tert-OH is 1. The van der Waals surface area contributed by atoms with Crippen molar-refractivity contribution >= 4 is 23.3 Å². The number of hydrogen-bond donors (Lipinski definition) is 1. The van der Waals surface area contributed by atoms with E-state index < -0.39 is 5.60 Å². The molecule has 232 valence electrons. The summed E-state index contributed by atoms with van der Waals surface area (Å²) in [6.07, 6.45) is 9.74. The molecule has 1 aliphatic heterocycles. The van der Waals surface area contributed by atoms with Crippen molar-refractivity contribution in [2.45, 2.75) is 82.8 Å². The van der Waals surface area contributed by atoms with E-state index in [1.807, 2.05) is 52.1 Å². The smallest absolute Gasteiger partial charge is 0.338 e. The first-order valence-electron chi connectivity index (χ1n) is 16.0. The number of anilines is 1. The number of fused-ring (bicyclic) bond motifs is 3. The van der Waals surface area contributed by atoms with E-state index in [1.165, 1.54) is 16.7 Å². The zero-order valence-corrected chi connectivity index (χ0v) is 26.8. The number of ether oxygens (including phenoxy) is 3. The average molecular weight is 608 g/mol. The first-order valence-corrected chi connectivity index (χ1v) is 16.4. The van der Waals surface area contributed by atoms with Gasteiger partial charge < -0.3 is 24.2 Å². The third kappa shape index (κ3) is 6.21. The second-order valence-corrected chi connectivity index (χ2v) is 14.6. The van der Waals surface area contributed by atoms with Crippen LogP contribution in [0.1, 0.15) is 80.8 Å². The Morgan fingerprint density at radius 2 is 2.02 bits per heavy atom. The van der Waals surface area contributed by atoms with Crippen LogP contribution in [0, 0.1) is 17.8 Å². The number of carbonyl (C=O) groups excluding carboxylic acids is 1. The summed E-state index contributed by atoms with van der Waals surface area (Å²) in [5, 5.41) is 10.1. The lowest BCUT2D eigenvalue weighted by Crippen LogP contribution is -2.50. The second-order valence-electron chi connectivity index (χ2n) is 14.2. The molecular formula is C36H46ClNO5. The maximum absolute atomic E-state index is 13.2. The molecule has 4 aliphatic rings. The van der Waals surface area contributed by atoms with Crippen LogP contribution in [0.15, 0.2) is 48.0 Å². The van der Waals surface area contributed by atoms with Gasteiger partial charge in [-0.1, -0.05) is 23.7 Å². The molecule has 7 heteroatoms. The fourth-order valence-electron chi connectivity index (χ4n) is 7.82. The Balaban J connectivity index is 1.33. The Labute approximate surface area is 261 Å². The van der Waals surface area contributed by atoms with Crippen LogP contribution in [0.4, 0.5) is 5.69 Å². The normalized spacial score (nSPS) is 27.1. The molecule has 2 aromatic carbocycles. The number of allylic oxidation sites excluding steroid dienone is 1. The molecule has 6 nitrogen and oxygen atoms in total. The van der Waals surface area contributed by atoms with Gasteiger partial charge in [0.15, 0.2) is 0 Å². The molecule has 1 heterocycles. The fourth-order valence-corrected chi connectivity index (χ4v) is 8.01. The van der Waals surface area contributed by atoms with Crippen LogP contribution < -0.4 is 9.64 Å². The standard InChI is InChI=1S/C36H46ClNO5/c1-35(2,3)43-34(40)25-8-12-32-31(19-25)38(20-26-7-10-29(26)33(41-4)27-16-23(17-27)13-15-39)21-36(22-42-32)14-5-6-24-18-28(37)9-11-30(24)36/h8-9,11-12,16,18-19,23,26,29,33,39H,5-7,10,13-15,17,20-22H2,1-4H3/t23?,26-,29+,33+,36-/m0/s1. The summed E-state index contributed by atoms with van der Waals surface area (Å²) in [6.45, 7) is 8.19. The van der Waals surface area contributed by atoms with Crippen molar-refractivity contribution < 1.29 is 24.1 Å². The summed E-state index contributed by atoms with van der Waals surface area (Å²) in [4.78, 5) is 15.6. The van der Waals surface area contributed by atoms with Crippen LogP contribution in [0.3, 0.4) is 0 Å². The van der Waals surface area contributed by atoms with E-state index in [9.17, 15) is 9.90 Å². The van der Waals surface area contributed by atoms with Crippen LogP contribution in [0.2, 0.25) is 5.02 Å². The highest BCUT2D eigenvalue weighted by atomic mass is 35.5. The third-order valence-corrected chi connectivity index (χ3v) is 10.3. The van der Waals surface area contributed by atoms with Crippen LogP contribution >= 0.6 is 11.6 Å². The van der Waals surface area contributed by atoms with Crippen LogP contribution in [-0.4, -0.2) is 56.2 Å². The van der Waals surface area contributed by atoms with Crippen LogP contribution in [-0.2, 0) is 21.3 Å². The van der Waals surface area contributed by atoms with Crippen LogP contribution in [0.5, 0.6) is 5.75 Å². The van der Waals surface area contributed by atoms with Crippen molar-refractivity contribution in [3.63, 3.8) is 0 Å². The Kier molecular flexibility index (Phi) is 8.58. The van der Waals surface area contributed by atoms with E-state index in [0.717, 1.165) is 74.5 Å². The number of hydrogen-bond acceptors (Lipinski definition) is 6. The molecule has 1 fully saturated rings. The van der Waals surface area contributed by atoms with E-state index in [2.05, 4.69) is 23.1 Å². The minimum Gasteiger partial charge on any atom is -0.490 e. The van der Waals surface area contributed by atoms with Crippen molar-refractivity contribution in [3.8, 4) is 5.75 Å². The highest BCUT2D eigenvalue weighted by Gasteiger charge is 2.45. The Bertz CT molecular complexity index is 1380. The maximum atomic E-state index is 13.2. The van der Waals surface area contributed by atoms with Gasteiger partial charge in [0.2, 0.25) is 0 Å². The molecule has 1 N–H and O–H groups in total. The zero-order valence-electron chi connectivity index (χ0n) is 26.0. The van der Waals surface area contributed by atoms with Gasteiger partial charge in [0, 0.05) is 37.2 Å². The summed E-state index contributed by atoms with van der Waals surface area (Å²) in [6, 6.07) is 12.1. The van der Waals surface area contributed by atoms with E-state index in [0.29, 0.717) is 29.9 Å². The van der Waals surface area contributed by atoms with E-state index in [1.54, 1.807) is 0 Å². The van der Waals surface area contributed by atoms with Crippen LogP contribution in [0.25, 0.3) is 0 Å². The number of nitrogens with zero attached hydrogens (tertiary/aromatic N) is 1. The molecule has 43 heavy (non-hydrogen) atoms. The van der Waals surface area contributed by atoms with Gasteiger partial charge in [-0.15, -0.1) is 0 Å². The van der Waals surface area contributed by atoms with Gasteiger partial charge in [-0.05, 0) is 131 Å². The average Bonchev–Trinajstić information content (AvgIpc) is 3.07. The molecule has 3 aliphatic carbocycles. The lowest BCUT2D eigenvalue weighted by atomic mass is 9.65. The molecule has 0 aromatic heterocycles. The van der Waals surface area contributed by atoms with Gasteiger partial charge in [0.25, 0.3) is 0 Å². The van der Waals surface area contributed by atoms with E-state index in [4.69, 9.17) is 25.8 Å². The molecule has 2 aromatic rings. The number of esters is 1. The van der Waals surface area contributed by atoms with E-state index in [-0.39, 0.29) is 24.1 Å². The highest BCUT2D eigenvalue weighted by molar-refractivity contribution is 6.30. The Morgan fingerprint density at radius 3 is 2.72 bits per heavy atom. The first kappa shape index (κ1) is 30.5. The molecular weight excluding hydrogens is 562 g/mol. The summed E-state index contributed by atoms with van der Waals surface area (Å²) in [5.74, 6) is 1.88. The maximum Gasteiger partial charge on any atom is 0.338 e. The minimum atomic E-state index is -0.572. The number of methoxy groups -OCH3 is 1. The van der Waals surface area contributed by atoms with Gasteiger partial charge in [-0.2, -0.15) is 0 Å². The van der Waals surface area contributed by atoms with Crippen molar-refractivity contribution in [2.24, 2.45) is 17.8 Å². The van der Waals surface area contributed by atoms with Gasteiger partial charge in [0.1, 0.15) is 11.4 Å². The third-order valence-electron chi connectivity index (χ3n) is 10.1. The predicted molar refractivity (Wildman–Crippen MR) is 170 cm³/mol. The van der Waals surface area contributed by atoms with Crippen molar-refractivity contribution in [2.75, 3.05) is 38.3 Å². The van der Waals surface area contributed by atoms with Crippen molar-refractivity contribution in [1.82, 2.24) is 0 Å². The second kappa shape index (κ2) is 12.1. The van der Waals surface area contributed by atoms with Crippen molar-refractivity contribution in [1.29, 1.82) is 0 Å². The molecule has 1 unspecified atom stereocenters. The molecule has 1 spiro atoms. The van der Waals surface area contributed by atoms with Gasteiger partial charge in [-0.3, -0.25) is 0 Å². The number of aryl methyl sites for hydroxylation is 1. The largest absolute Gasteiger partial charge is 0.490 e. The van der Waals surface area contributed by atoms with E-state index >= 15 is 0 Å². The Hall–Kier alpha value is -2.54. The molecule has 6 rings (SSSR count). The quantitative estimate of drug-likeness (QED) is 0.254. The monoisotopic (exact) mass is 607 g/mol. The zero-order chi connectivity index (χ0) is 30.4. The number of carbonyl (C=O) groups is 1. The lowest BCUT2D eigenvalue weighted by Gasteiger charge is -2.47. The summed E-state index contributed by atoms with van der Waals surface area (Å²) in [7, 11) is 1.83. The van der Waals surface area contributed by atoms with Crippen molar-refractivity contribution in [3.05, 3.63) is 69.8 Å². The summed E-state index contributed by atoms with van der Waals surface area (Å²) < 4.78 is 18.5. The first-order chi connectivity index (χ1) is 20.6. The number of aliphatic hydroxyl groups is 1. The number of benzene rings is 2. The molecule has 0 radical (unpaired) electrons. The SMILES string of the molecule is CO[C@H](C1=CC(CCO)C1)[C@@H]1CC[C@H]1CN1C[C@@]2(CCCc3cc(Cl)ccc32)COc2ccc(C(=O)OC(C)(C)C)cc21. The lowest BCUT2D eigenvalue weighted by molar-refractivity contribution is 0.000130. The predicted octanol–water partition coefficient (Wildman–Crippen LogP) is 7.14. The number of halogens is 1. The summed E-state index contributed by atoms with van der Waals surface area (Å²) in [5.41, 5.74) is 4.81. The number of rotatable bonds is 8. The van der Waals surface area contributed by atoms with Gasteiger partial charge >= 0.3 is 5.97 Å². The minimum absolute atomic E-state index is 0.121. The van der Waals surface area contributed by atoms with Gasteiger partial charge in [-0.25, -0.2) is 4.79 Å². The van der Waals surface area contributed by atoms with Gasteiger partial charge in [0.05, 0.1) is 24.0 Å². The molecule has 0 bridgehead atoms. The Morgan fingerprint density at radius 1 is 1.21 bits per heavy atom. The molecule has 0 saturated heterocycles. The highest BCUT2D eigenvalue weighted by Crippen LogP contribution is 2.48. The summed E-state index contributed by atoms with van der Waals surface area (Å²) >= 11 is 6.44. The topological polar surface area (TPSA) is 68.2 Å². The molecule has 0 amide bonds.